The fourth-order valence-electron chi connectivity index (χ4n) is 3.15. The lowest BCUT2D eigenvalue weighted by Gasteiger charge is -2.34. The molecule has 1 aliphatic rings. The molecule has 3 aromatic rings. The van der Waals surface area contributed by atoms with Crippen molar-refractivity contribution in [2.24, 2.45) is 0 Å². The largest absolute Gasteiger partial charge is 1.00 e. The van der Waals surface area contributed by atoms with Gasteiger partial charge in [0.25, 0.3) is 5.91 Å². The molecule has 26 heavy (non-hydrogen) atoms. The van der Waals surface area contributed by atoms with Crippen LogP contribution in [0.15, 0.2) is 52.3 Å². The smallest absolute Gasteiger partial charge is 0.287 e. The standard InChI is InChI=1S/C19H20N2O3S.ClH/c22-19(17-12-14-4-1-2-5-16(14)24-17)20-13-15(18-6-3-11-25-18)21-7-9-23-10-8-21;/h1-6,11-12,15H,7-10,13H2,(H,20,22);1H/p-1. The van der Waals surface area contributed by atoms with Crippen molar-refractivity contribution < 1.29 is 26.4 Å². The Labute approximate surface area is 162 Å². The summed E-state index contributed by atoms with van der Waals surface area (Å²) in [5, 5.41) is 6.05. The van der Waals surface area contributed by atoms with Crippen LogP contribution in [-0.4, -0.2) is 43.7 Å². The highest BCUT2D eigenvalue weighted by Crippen LogP contribution is 2.26. The van der Waals surface area contributed by atoms with Crippen LogP contribution in [0.2, 0.25) is 0 Å². The van der Waals surface area contributed by atoms with E-state index in [2.05, 4.69) is 27.7 Å². The lowest BCUT2D eigenvalue weighted by atomic mass is 10.2. The Morgan fingerprint density at radius 2 is 2.00 bits per heavy atom. The van der Waals surface area contributed by atoms with E-state index in [-0.39, 0.29) is 24.4 Å². The minimum Gasteiger partial charge on any atom is -1.00 e. The van der Waals surface area contributed by atoms with E-state index in [1.807, 2.05) is 24.3 Å². The number of para-hydroxylation sites is 1. The molecule has 0 radical (unpaired) electrons. The molecule has 1 amide bonds. The van der Waals surface area contributed by atoms with Crippen molar-refractivity contribution in [2.75, 3.05) is 32.8 Å². The summed E-state index contributed by atoms with van der Waals surface area (Å²) in [5.41, 5.74) is 0.732. The maximum atomic E-state index is 12.5. The van der Waals surface area contributed by atoms with Crippen molar-refractivity contribution in [3.05, 3.63) is 58.5 Å². The molecule has 2 aromatic heterocycles. The molecule has 0 spiro atoms. The molecule has 3 heterocycles. The fraction of sp³-hybridized carbons (Fsp3) is 0.316. The maximum absolute atomic E-state index is 12.5. The Hall–Kier alpha value is -1.86. The summed E-state index contributed by atoms with van der Waals surface area (Å²) in [7, 11) is 0. The molecule has 1 unspecified atom stereocenters. The summed E-state index contributed by atoms with van der Waals surface area (Å²) < 4.78 is 11.1. The molecular formula is C19H20ClN2O3S-. The summed E-state index contributed by atoms with van der Waals surface area (Å²) in [6.07, 6.45) is 0. The van der Waals surface area contributed by atoms with Gasteiger partial charge in [-0.1, -0.05) is 24.3 Å². The number of carbonyl (C=O) groups is 1. The Morgan fingerprint density at radius 1 is 1.19 bits per heavy atom. The second kappa shape index (κ2) is 8.68. The molecule has 4 rings (SSSR count). The maximum Gasteiger partial charge on any atom is 0.287 e. The molecule has 0 bridgehead atoms. The van der Waals surface area contributed by atoms with Gasteiger partial charge in [0.15, 0.2) is 5.76 Å². The van der Waals surface area contributed by atoms with Crippen LogP contribution < -0.4 is 17.7 Å². The number of hydrogen-bond donors (Lipinski definition) is 1. The topological polar surface area (TPSA) is 54.7 Å². The van der Waals surface area contributed by atoms with Gasteiger partial charge in [-0.2, -0.15) is 0 Å². The highest BCUT2D eigenvalue weighted by Gasteiger charge is 2.24. The SMILES string of the molecule is O=C(NCC(c1cccs1)N1CCOCC1)c1cc2ccccc2o1.[Cl-]. The Kier molecular flexibility index (Phi) is 6.32. The van der Waals surface area contributed by atoms with Crippen LogP contribution in [0, 0.1) is 0 Å². The third kappa shape index (κ3) is 4.10. The molecule has 0 saturated carbocycles. The second-order valence-corrected chi connectivity index (χ2v) is 7.02. The van der Waals surface area contributed by atoms with Crippen molar-refractivity contribution in [2.45, 2.75) is 6.04 Å². The normalized spacial score (nSPS) is 16.2. The molecule has 5 nitrogen and oxygen atoms in total. The van der Waals surface area contributed by atoms with Gasteiger partial charge in [0.1, 0.15) is 5.58 Å². The van der Waals surface area contributed by atoms with E-state index in [4.69, 9.17) is 9.15 Å². The number of carbonyl (C=O) groups excluding carboxylic acids is 1. The molecular weight excluding hydrogens is 372 g/mol. The van der Waals surface area contributed by atoms with Gasteiger partial charge in [0, 0.05) is 29.9 Å². The zero-order valence-electron chi connectivity index (χ0n) is 14.2. The number of nitrogens with one attached hydrogen (secondary N) is 1. The summed E-state index contributed by atoms with van der Waals surface area (Å²) in [4.78, 5) is 16.2. The molecule has 1 N–H and O–H groups in total. The molecule has 1 fully saturated rings. The molecule has 1 aromatic carbocycles. The average molecular weight is 392 g/mol. The zero-order chi connectivity index (χ0) is 17.1. The molecule has 138 valence electrons. The van der Waals surface area contributed by atoms with Crippen molar-refractivity contribution in [3.63, 3.8) is 0 Å². The summed E-state index contributed by atoms with van der Waals surface area (Å²) in [6.45, 7) is 3.78. The van der Waals surface area contributed by atoms with E-state index >= 15 is 0 Å². The molecule has 7 heteroatoms. The Bertz CT molecular complexity index is 810. The van der Waals surface area contributed by atoms with Crippen LogP contribution in [0.1, 0.15) is 21.5 Å². The first-order chi connectivity index (χ1) is 12.3. The van der Waals surface area contributed by atoms with E-state index in [1.54, 1.807) is 17.4 Å². The number of thiophene rings is 1. The first-order valence-electron chi connectivity index (χ1n) is 8.43. The van der Waals surface area contributed by atoms with Crippen LogP contribution in [0.3, 0.4) is 0 Å². The number of ether oxygens (including phenoxy) is 1. The molecule has 1 saturated heterocycles. The van der Waals surface area contributed by atoms with Gasteiger partial charge in [-0.05, 0) is 23.6 Å². The number of amides is 1. The Morgan fingerprint density at radius 3 is 2.73 bits per heavy atom. The van der Waals surface area contributed by atoms with E-state index in [9.17, 15) is 4.79 Å². The van der Waals surface area contributed by atoms with E-state index in [0.717, 1.165) is 37.3 Å². The average Bonchev–Trinajstić information content (AvgIpc) is 3.32. The summed E-state index contributed by atoms with van der Waals surface area (Å²) >= 11 is 1.72. The lowest BCUT2D eigenvalue weighted by Crippen LogP contribution is -3.00. The number of fused-ring (bicyclic) bond motifs is 1. The van der Waals surface area contributed by atoms with E-state index in [0.29, 0.717) is 12.3 Å². The minimum atomic E-state index is -0.175. The minimum absolute atomic E-state index is 0. The van der Waals surface area contributed by atoms with E-state index in [1.165, 1.54) is 4.88 Å². The summed E-state index contributed by atoms with van der Waals surface area (Å²) in [5.74, 6) is 0.180. The quantitative estimate of drug-likeness (QED) is 0.679. The van der Waals surface area contributed by atoms with Crippen LogP contribution in [0.4, 0.5) is 0 Å². The van der Waals surface area contributed by atoms with Crippen LogP contribution in [0.5, 0.6) is 0 Å². The molecule has 1 atom stereocenters. The number of morpholine rings is 1. The predicted octanol–water partition coefficient (Wildman–Crippen LogP) is 0.302. The number of hydrogen-bond acceptors (Lipinski definition) is 5. The number of halogens is 1. The van der Waals surface area contributed by atoms with Gasteiger partial charge in [0.05, 0.1) is 19.3 Å². The van der Waals surface area contributed by atoms with Gasteiger partial charge in [-0.15, -0.1) is 11.3 Å². The van der Waals surface area contributed by atoms with Crippen molar-refractivity contribution in [1.29, 1.82) is 0 Å². The van der Waals surface area contributed by atoms with Crippen molar-refractivity contribution in [1.82, 2.24) is 10.2 Å². The highest BCUT2D eigenvalue weighted by molar-refractivity contribution is 7.10. The Balaban J connectivity index is 0.00000196. The number of furan rings is 1. The number of benzene rings is 1. The van der Waals surface area contributed by atoms with Gasteiger partial charge < -0.3 is 26.9 Å². The van der Waals surface area contributed by atoms with Gasteiger partial charge in [-0.3, -0.25) is 9.69 Å². The van der Waals surface area contributed by atoms with Crippen LogP contribution >= 0.6 is 11.3 Å². The number of nitrogens with zero attached hydrogens (tertiary/aromatic N) is 1. The predicted molar refractivity (Wildman–Crippen MR) is 98.0 cm³/mol. The molecule has 1 aliphatic heterocycles. The fourth-order valence-corrected chi connectivity index (χ4v) is 4.01. The number of rotatable bonds is 5. The third-order valence-corrected chi connectivity index (χ3v) is 5.44. The second-order valence-electron chi connectivity index (χ2n) is 6.04. The van der Waals surface area contributed by atoms with E-state index < -0.39 is 0 Å². The van der Waals surface area contributed by atoms with Gasteiger partial charge in [-0.25, -0.2) is 0 Å². The van der Waals surface area contributed by atoms with Crippen molar-refractivity contribution >= 4 is 28.2 Å². The third-order valence-electron chi connectivity index (χ3n) is 4.46. The first-order valence-corrected chi connectivity index (χ1v) is 9.31. The summed E-state index contributed by atoms with van der Waals surface area (Å²) in [6, 6.07) is 13.8. The monoisotopic (exact) mass is 391 g/mol. The van der Waals surface area contributed by atoms with Gasteiger partial charge >= 0.3 is 0 Å². The zero-order valence-corrected chi connectivity index (χ0v) is 15.8. The van der Waals surface area contributed by atoms with Gasteiger partial charge in [0.2, 0.25) is 0 Å². The van der Waals surface area contributed by atoms with Crippen molar-refractivity contribution in [3.8, 4) is 0 Å². The first kappa shape index (κ1) is 18.9. The highest BCUT2D eigenvalue weighted by atomic mass is 35.5. The van der Waals surface area contributed by atoms with Crippen LogP contribution in [-0.2, 0) is 4.74 Å². The van der Waals surface area contributed by atoms with Crippen LogP contribution in [0.25, 0.3) is 11.0 Å². The lowest BCUT2D eigenvalue weighted by molar-refractivity contribution is -0.0000177. The molecule has 0 aliphatic carbocycles.